The summed E-state index contributed by atoms with van der Waals surface area (Å²) < 4.78 is 12.2. The van der Waals surface area contributed by atoms with Crippen LogP contribution in [0.5, 0.6) is 5.75 Å². The molecule has 0 bridgehead atoms. The minimum atomic E-state index is -1.27. The molecule has 0 aliphatic carbocycles. The average molecular weight is 236 g/mol. The molecule has 0 saturated carbocycles. The van der Waals surface area contributed by atoms with Crippen molar-refractivity contribution in [3.8, 4) is 5.75 Å². The van der Waals surface area contributed by atoms with E-state index in [1.807, 2.05) is 0 Å². The highest BCUT2D eigenvalue weighted by Gasteiger charge is 2.13. The highest BCUT2D eigenvalue weighted by molar-refractivity contribution is 5.90. The third-order valence-electron chi connectivity index (χ3n) is 1.85. The first-order valence-electron chi connectivity index (χ1n) is 3.94. The molecule has 0 aliphatic heterocycles. The molecule has 1 atom stereocenters. The zero-order valence-electron chi connectivity index (χ0n) is 7.68. The van der Waals surface area contributed by atoms with Crippen LogP contribution in [0.3, 0.4) is 0 Å². The summed E-state index contributed by atoms with van der Waals surface area (Å²) in [6.07, 6.45) is 0. The van der Waals surface area contributed by atoms with E-state index in [1.165, 1.54) is 18.2 Å². The topological polar surface area (TPSA) is 83.5 Å². The van der Waals surface area contributed by atoms with Crippen LogP contribution in [-0.4, -0.2) is 22.9 Å². The third-order valence-corrected chi connectivity index (χ3v) is 1.85. The minimum Gasteiger partial charge on any atom is -0.507 e. The van der Waals surface area contributed by atoms with Crippen molar-refractivity contribution in [3.63, 3.8) is 0 Å². The molecule has 4 N–H and O–H groups in total. The van der Waals surface area contributed by atoms with Crippen molar-refractivity contribution in [1.82, 2.24) is 0 Å². The Kier molecular flexibility index (Phi) is 5.04. The van der Waals surface area contributed by atoms with Crippen LogP contribution in [0.4, 0.5) is 4.39 Å². The molecule has 1 rings (SSSR count). The molecule has 1 aromatic rings. The number of aromatic hydroxyl groups is 1. The van der Waals surface area contributed by atoms with Gasteiger partial charge in [0.1, 0.15) is 18.0 Å². The summed E-state index contributed by atoms with van der Waals surface area (Å²) in [5.41, 5.74) is 5.44. The maximum absolute atomic E-state index is 12.2. The predicted molar refractivity (Wildman–Crippen MR) is 55.2 cm³/mol. The molecule has 0 unspecified atom stereocenters. The van der Waals surface area contributed by atoms with Gasteiger partial charge in [-0.15, -0.1) is 12.4 Å². The minimum absolute atomic E-state index is 0. The van der Waals surface area contributed by atoms with Crippen molar-refractivity contribution in [2.24, 2.45) is 5.73 Å². The van der Waals surface area contributed by atoms with Crippen molar-refractivity contribution in [2.45, 2.75) is 6.04 Å². The van der Waals surface area contributed by atoms with Crippen molar-refractivity contribution in [3.05, 3.63) is 29.3 Å². The first-order chi connectivity index (χ1) is 6.56. The Labute approximate surface area is 91.9 Å². The van der Waals surface area contributed by atoms with Crippen LogP contribution in [0.15, 0.2) is 18.2 Å². The largest absolute Gasteiger partial charge is 0.507 e. The van der Waals surface area contributed by atoms with Crippen LogP contribution in [0.25, 0.3) is 0 Å². The van der Waals surface area contributed by atoms with Gasteiger partial charge in [-0.1, -0.05) is 6.07 Å². The van der Waals surface area contributed by atoms with E-state index in [4.69, 9.17) is 15.9 Å². The van der Waals surface area contributed by atoms with E-state index in [0.717, 1.165) is 0 Å². The molecular formula is C9H11ClFNO3. The van der Waals surface area contributed by atoms with Gasteiger partial charge in [-0.3, -0.25) is 0 Å². The number of halogens is 2. The summed E-state index contributed by atoms with van der Waals surface area (Å²) in [4.78, 5) is 10.6. The normalized spacial score (nSPS) is 11.6. The zero-order chi connectivity index (χ0) is 10.7. The van der Waals surface area contributed by atoms with E-state index in [2.05, 4.69) is 0 Å². The molecule has 0 radical (unpaired) electrons. The number of benzene rings is 1. The van der Waals surface area contributed by atoms with Crippen molar-refractivity contribution in [1.29, 1.82) is 0 Å². The molecule has 0 spiro atoms. The fourth-order valence-corrected chi connectivity index (χ4v) is 1.04. The first kappa shape index (κ1) is 13.7. The second kappa shape index (κ2) is 5.53. The van der Waals surface area contributed by atoms with E-state index >= 15 is 0 Å². The van der Waals surface area contributed by atoms with E-state index in [9.17, 15) is 9.18 Å². The van der Waals surface area contributed by atoms with Crippen molar-refractivity contribution >= 4 is 18.4 Å². The predicted octanol–water partition coefficient (Wildman–Crippen LogP) is 1.48. The number of rotatable bonds is 3. The van der Waals surface area contributed by atoms with Gasteiger partial charge in [-0.05, 0) is 17.7 Å². The van der Waals surface area contributed by atoms with Gasteiger partial charge in [0.25, 0.3) is 0 Å². The van der Waals surface area contributed by atoms with Crippen molar-refractivity contribution in [2.75, 3.05) is 6.67 Å². The van der Waals surface area contributed by atoms with Gasteiger partial charge in [0, 0.05) is 0 Å². The van der Waals surface area contributed by atoms with Gasteiger partial charge in [-0.2, -0.15) is 0 Å². The molecule has 0 heterocycles. The van der Waals surface area contributed by atoms with E-state index in [1.54, 1.807) is 0 Å². The number of hydrogen-bond donors (Lipinski definition) is 3. The molecule has 1 aromatic carbocycles. The molecule has 15 heavy (non-hydrogen) atoms. The Morgan fingerprint density at radius 1 is 1.53 bits per heavy atom. The number of carbonyl (C=O) groups is 1. The van der Waals surface area contributed by atoms with Gasteiger partial charge >= 0.3 is 5.97 Å². The quantitative estimate of drug-likeness (QED) is 0.741. The molecule has 6 heteroatoms. The first-order valence-corrected chi connectivity index (χ1v) is 3.94. The number of phenols is 1. The number of carboxylic acid groups (broad SMARTS) is 1. The molecule has 4 nitrogen and oxygen atoms in total. The number of alkyl halides is 1. The van der Waals surface area contributed by atoms with Gasteiger partial charge in [0.05, 0.1) is 6.04 Å². The van der Waals surface area contributed by atoms with Crippen LogP contribution >= 0.6 is 12.4 Å². The number of nitrogens with two attached hydrogens (primary N) is 1. The molecular weight excluding hydrogens is 225 g/mol. The SMILES string of the molecule is Cl.N[C@@H](CF)c1ccc(O)c(C(=O)O)c1. The summed E-state index contributed by atoms with van der Waals surface area (Å²) in [5, 5.41) is 17.8. The molecule has 0 fully saturated rings. The molecule has 84 valence electrons. The molecule has 0 amide bonds. The van der Waals surface area contributed by atoms with Crippen LogP contribution in [0.2, 0.25) is 0 Å². The van der Waals surface area contributed by atoms with Crippen LogP contribution in [-0.2, 0) is 0 Å². The second-order valence-electron chi connectivity index (χ2n) is 2.84. The highest BCUT2D eigenvalue weighted by atomic mass is 35.5. The molecule has 0 aromatic heterocycles. The smallest absolute Gasteiger partial charge is 0.339 e. The summed E-state index contributed by atoms with van der Waals surface area (Å²) in [5.74, 6) is -1.62. The van der Waals surface area contributed by atoms with Gasteiger partial charge in [0.2, 0.25) is 0 Å². The van der Waals surface area contributed by atoms with Gasteiger partial charge in [-0.25, -0.2) is 9.18 Å². The fraction of sp³-hybridized carbons (Fsp3) is 0.222. The van der Waals surface area contributed by atoms with Gasteiger partial charge in [0.15, 0.2) is 0 Å². The Morgan fingerprint density at radius 2 is 2.13 bits per heavy atom. The Balaban J connectivity index is 0.00000196. The maximum Gasteiger partial charge on any atom is 0.339 e. The average Bonchev–Trinajstić information content (AvgIpc) is 2.17. The highest BCUT2D eigenvalue weighted by Crippen LogP contribution is 2.21. The number of carboxylic acids is 1. The summed E-state index contributed by atoms with van der Waals surface area (Å²) in [6.45, 7) is -0.774. The lowest BCUT2D eigenvalue weighted by Crippen LogP contribution is -2.13. The van der Waals surface area contributed by atoms with Crippen LogP contribution in [0.1, 0.15) is 22.0 Å². The Bertz CT molecular complexity index is 359. The summed E-state index contributed by atoms with van der Waals surface area (Å²) in [6, 6.07) is 2.90. The fourth-order valence-electron chi connectivity index (χ4n) is 1.04. The van der Waals surface area contributed by atoms with E-state index in [0.29, 0.717) is 5.56 Å². The molecule has 0 saturated heterocycles. The Hall–Kier alpha value is -1.33. The van der Waals surface area contributed by atoms with Crippen LogP contribution < -0.4 is 5.73 Å². The standard InChI is InChI=1S/C9H10FNO3.ClH/c10-4-7(11)5-1-2-8(12)6(3-5)9(13)14;/h1-3,7,12H,4,11H2,(H,13,14);1H/t7-;/m0./s1. The maximum atomic E-state index is 12.2. The third kappa shape index (κ3) is 3.07. The lowest BCUT2D eigenvalue weighted by molar-refractivity contribution is 0.0693. The van der Waals surface area contributed by atoms with Gasteiger partial charge < -0.3 is 15.9 Å². The summed E-state index contributed by atoms with van der Waals surface area (Å²) in [7, 11) is 0. The summed E-state index contributed by atoms with van der Waals surface area (Å²) >= 11 is 0. The lowest BCUT2D eigenvalue weighted by atomic mass is 10.0. The number of aromatic carboxylic acids is 1. The van der Waals surface area contributed by atoms with E-state index < -0.39 is 18.7 Å². The van der Waals surface area contributed by atoms with Crippen molar-refractivity contribution < 1.29 is 19.4 Å². The molecule has 0 aliphatic rings. The second-order valence-corrected chi connectivity index (χ2v) is 2.84. The zero-order valence-corrected chi connectivity index (χ0v) is 8.50. The Morgan fingerprint density at radius 3 is 2.60 bits per heavy atom. The van der Waals surface area contributed by atoms with Crippen LogP contribution in [0, 0.1) is 0 Å². The lowest BCUT2D eigenvalue weighted by Gasteiger charge is -2.08. The van der Waals surface area contributed by atoms with E-state index in [-0.39, 0.29) is 23.7 Å². The monoisotopic (exact) mass is 235 g/mol. The number of hydrogen-bond acceptors (Lipinski definition) is 3.